The normalized spacial score (nSPS) is 16.6. The summed E-state index contributed by atoms with van der Waals surface area (Å²) in [5.41, 5.74) is 1.16. The highest BCUT2D eigenvalue weighted by Gasteiger charge is 2.31. The molecule has 1 aromatic carbocycles. The number of hydrogen-bond donors (Lipinski definition) is 0. The monoisotopic (exact) mass is 344 g/mol. The molecule has 25 heavy (non-hydrogen) atoms. The number of carbonyl (C=O) groups is 1. The van der Waals surface area contributed by atoms with Gasteiger partial charge in [0.1, 0.15) is 12.4 Å². The molecule has 0 spiro atoms. The second-order valence-electron chi connectivity index (χ2n) is 6.13. The molecule has 0 fully saturated rings. The predicted octanol–water partition coefficient (Wildman–Crippen LogP) is 2.11. The minimum absolute atomic E-state index is 0.0212. The maximum absolute atomic E-state index is 12.6. The lowest BCUT2D eigenvalue weighted by Gasteiger charge is -2.33. The van der Waals surface area contributed by atoms with E-state index in [1.807, 2.05) is 49.6 Å². The fraction of sp³-hybridized carbons (Fsp3) is 0.500. The van der Waals surface area contributed by atoms with Crippen molar-refractivity contribution in [2.75, 3.05) is 19.8 Å². The van der Waals surface area contributed by atoms with Gasteiger partial charge in [-0.2, -0.15) is 0 Å². The Kier molecular flexibility index (Phi) is 5.33. The van der Waals surface area contributed by atoms with Gasteiger partial charge < -0.3 is 18.9 Å². The van der Waals surface area contributed by atoms with Crippen LogP contribution in [0.25, 0.3) is 0 Å². The number of amides is 1. The Labute approximate surface area is 147 Å². The molecule has 1 atom stereocenters. The van der Waals surface area contributed by atoms with Gasteiger partial charge in [0, 0.05) is 19.7 Å². The van der Waals surface area contributed by atoms with Crippen molar-refractivity contribution in [2.24, 2.45) is 0 Å². The molecule has 1 aromatic heterocycles. The van der Waals surface area contributed by atoms with Gasteiger partial charge in [-0.25, -0.2) is 0 Å². The van der Waals surface area contributed by atoms with Crippen LogP contribution in [-0.4, -0.2) is 45.3 Å². The van der Waals surface area contributed by atoms with Crippen LogP contribution >= 0.6 is 0 Å². The van der Waals surface area contributed by atoms with Crippen molar-refractivity contribution in [3.8, 4) is 5.75 Å². The maximum atomic E-state index is 12.6. The Bertz CT molecular complexity index is 726. The molecule has 0 saturated heterocycles. The third-order valence-electron chi connectivity index (χ3n) is 4.40. The van der Waals surface area contributed by atoms with E-state index < -0.39 is 0 Å². The van der Waals surface area contributed by atoms with E-state index >= 15 is 0 Å². The Morgan fingerprint density at radius 1 is 1.24 bits per heavy atom. The first kappa shape index (κ1) is 17.4. The van der Waals surface area contributed by atoms with Crippen LogP contribution in [0.3, 0.4) is 0 Å². The Balaban J connectivity index is 1.62. The number of aryl methyl sites for hydroxylation is 1. The lowest BCUT2D eigenvalue weighted by atomic mass is 10.2. The summed E-state index contributed by atoms with van der Waals surface area (Å²) in [4.78, 5) is 14.4. The smallest absolute Gasteiger partial charge is 0.261 e. The van der Waals surface area contributed by atoms with Crippen LogP contribution < -0.4 is 4.74 Å². The lowest BCUT2D eigenvalue weighted by molar-refractivity contribution is -0.136. The topological polar surface area (TPSA) is 69.5 Å². The van der Waals surface area contributed by atoms with Crippen molar-refractivity contribution in [2.45, 2.75) is 40.0 Å². The second kappa shape index (κ2) is 7.65. The molecule has 0 N–H and O–H groups in total. The zero-order chi connectivity index (χ0) is 17.8. The number of rotatable bonds is 6. The van der Waals surface area contributed by atoms with Crippen molar-refractivity contribution >= 4 is 5.91 Å². The predicted molar refractivity (Wildman–Crippen MR) is 92.2 cm³/mol. The zero-order valence-electron chi connectivity index (χ0n) is 14.9. The van der Waals surface area contributed by atoms with Gasteiger partial charge in [0.25, 0.3) is 5.91 Å². The number of benzene rings is 1. The number of ether oxygens (including phenoxy) is 2. The first-order valence-corrected chi connectivity index (χ1v) is 8.58. The van der Waals surface area contributed by atoms with Gasteiger partial charge in [-0.05, 0) is 32.9 Å². The van der Waals surface area contributed by atoms with Crippen LogP contribution in [0.4, 0.5) is 0 Å². The van der Waals surface area contributed by atoms with Gasteiger partial charge in [0.05, 0.1) is 6.04 Å². The fourth-order valence-corrected chi connectivity index (χ4v) is 2.95. The number of hydrogen-bond acceptors (Lipinski definition) is 5. The summed E-state index contributed by atoms with van der Waals surface area (Å²) in [5.74, 6) is 2.26. The zero-order valence-corrected chi connectivity index (χ0v) is 14.9. The van der Waals surface area contributed by atoms with Crippen molar-refractivity contribution in [3.05, 3.63) is 41.5 Å². The van der Waals surface area contributed by atoms with Gasteiger partial charge in [-0.1, -0.05) is 17.7 Å². The van der Waals surface area contributed by atoms with E-state index in [1.54, 1.807) is 4.90 Å². The summed E-state index contributed by atoms with van der Waals surface area (Å²) in [6, 6.07) is 7.54. The molecule has 134 valence electrons. The quantitative estimate of drug-likeness (QED) is 0.803. The lowest BCUT2D eigenvalue weighted by Crippen LogP contribution is -2.43. The summed E-state index contributed by atoms with van der Waals surface area (Å²) in [6.07, 6.45) is 0. The molecule has 0 radical (unpaired) electrons. The van der Waals surface area contributed by atoms with Crippen LogP contribution in [0.1, 0.15) is 37.1 Å². The third-order valence-corrected chi connectivity index (χ3v) is 4.40. The van der Waals surface area contributed by atoms with E-state index in [9.17, 15) is 4.79 Å². The molecular formula is C18H24N4O3. The van der Waals surface area contributed by atoms with Gasteiger partial charge in [0.2, 0.25) is 0 Å². The van der Waals surface area contributed by atoms with Crippen molar-refractivity contribution in [3.63, 3.8) is 0 Å². The van der Waals surface area contributed by atoms with E-state index in [0.29, 0.717) is 32.1 Å². The number of carbonyl (C=O) groups excluding carboxylic acids is 1. The molecule has 0 saturated carbocycles. The van der Waals surface area contributed by atoms with Crippen LogP contribution in [-0.2, 0) is 22.7 Å². The van der Waals surface area contributed by atoms with E-state index in [0.717, 1.165) is 17.2 Å². The Morgan fingerprint density at radius 3 is 2.72 bits per heavy atom. The maximum Gasteiger partial charge on any atom is 0.261 e. The van der Waals surface area contributed by atoms with E-state index in [2.05, 4.69) is 10.2 Å². The van der Waals surface area contributed by atoms with Gasteiger partial charge >= 0.3 is 0 Å². The number of fused-ring (bicyclic) bond motifs is 1. The van der Waals surface area contributed by atoms with Crippen LogP contribution in [0, 0.1) is 6.92 Å². The summed E-state index contributed by atoms with van der Waals surface area (Å²) < 4.78 is 13.1. The van der Waals surface area contributed by atoms with Crippen LogP contribution in [0.15, 0.2) is 24.3 Å². The summed E-state index contributed by atoms with van der Waals surface area (Å²) >= 11 is 0. The van der Waals surface area contributed by atoms with E-state index in [4.69, 9.17) is 9.47 Å². The minimum Gasteiger partial charge on any atom is -0.484 e. The first-order chi connectivity index (χ1) is 12.1. The standard InChI is InChI=1S/C18H24N4O3/c1-4-24-11-16-19-20-18-14(3)21(9-10-22(16)18)17(23)12-25-15-7-5-13(2)6-8-15/h5-8,14H,4,9-12H2,1-3H3/t14-/m1/s1. The molecule has 1 aliphatic heterocycles. The van der Waals surface area contributed by atoms with Crippen molar-refractivity contribution in [1.29, 1.82) is 0 Å². The van der Waals surface area contributed by atoms with E-state index in [1.165, 1.54) is 0 Å². The van der Waals surface area contributed by atoms with Crippen molar-refractivity contribution in [1.82, 2.24) is 19.7 Å². The Morgan fingerprint density at radius 2 is 2.00 bits per heavy atom. The van der Waals surface area contributed by atoms with Crippen LogP contribution in [0.5, 0.6) is 5.75 Å². The molecule has 0 unspecified atom stereocenters. The molecule has 7 nitrogen and oxygen atoms in total. The molecular weight excluding hydrogens is 320 g/mol. The largest absolute Gasteiger partial charge is 0.484 e. The fourth-order valence-electron chi connectivity index (χ4n) is 2.95. The first-order valence-electron chi connectivity index (χ1n) is 8.58. The third kappa shape index (κ3) is 3.82. The molecule has 1 amide bonds. The van der Waals surface area contributed by atoms with Crippen LogP contribution in [0.2, 0.25) is 0 Å². The van der Waals surface area contributed by atoms with Gasteiger partial charge in [-0.3, -0.25) is 4.79 Å². The van der Waals surface area contributed by atoms with E-state index in [-0.39, 0.29) is 18.6 Å². The second-order valence-corrected chi connectivity index (χ2v) is 6.13. The number of aromatic nitrogens is 3. The molecule has 7 heteroatoms. The van der Waals surface area contributed by atoms with Gasteiger partial charge in [0.15, 0.2) is 18.3 Å². The molecule has 2 aromatic rings. The van der Waals surface area contributed by atoms with Gasteiger partial charge in [-0.15, -0.1) is 10.2 Å². The SMILES string of the molecule is CCOCc1nnc2n1CCN(C(=O)COc1ccc(C)cc1)[C@@H]2C. The minimum atomic E-state index is -0.134. The van der Waals surface area contributed by atoms with Crippen molar-refractivity contribution < 1.29 is 14.3 Å². The highest BCUT2D eigenvalue weighted by atomic mass is 16.5. The summed E-state index contributed by atoms with van der Waals surface area (Å²) in [5, 5.41) is 8.45. The average Bonchev–Trinajstić information content (AvgIpc) is 3.03. The summed E-state index contributed by atoms with van der Waals surface area (Å²) in [6.45, 7) is 8.32. The Hall–Kier alpha value is -2.41. The summed E-state index contributed by atoms with van der Waals surface area (Å²) in [7, 11) is 0. The molecule has 3 rings (SSSR count). The molecule has 0 bridgehead atoms. The highest BCUT2D eigenvalue weighted by molar-refractivity contribution is 5.78. The molecule has 2 heterocycles. The molecule has 0 aliphatic carbocycles. The average molecular weight is 344 g/mol. The molecule has 1 aliphatic rings. The number of nitrogens with zero attached hydrogens (tertiary/aromatic N) is 4. The highest BCUT2D eigenvalue weighted by Crippen LogP contribution is 2.24.